The number of benzene rings is 1. The number of nitrogens with zero attached hydrogens (tertiary/aromatic N) is 2. The molecule has 0 bridgehead atoms. The van der Waals surface area contributed by atoms with Crippen molar-refractivity contribution >= 4 is 17.5 Å². The Balaban J connectivity index is 1.60. The van der Waals surface area contributed by atoms with Crippen molar-refractivity contribution in [3.63, 3.8) is 0 Å². The van der Waals surface area contributed by atoms with Crippen LogP contribution >= 0.6 is 0 Å². The molecule has 2 heterocycles. The van der Waals surface area contributed by atoms with Crippen LogP contribution in [0.5, 0.6) is 0 Å². The first-order valence-electron chi connectivity index (χ1n) is 10.0. The maximum Gasteiger partial charge on any atom is 0.251 e. The molecule has 148 valence electrons. The van der Waals surface area contributed by atoms with Crippen molar-refractivity contribution in [1.29, 1.82) is 0 Å². The molecule has 1 aliphatic carbocycles. The predicted octanol–water partition coefficient (Wildman–Crippen LogP) is 2.75. The van der Waals surface area contributed by atoms with Crippen molar-refractivity contribution in [2.45, 2.75) is 32.6 Å². The minimum absolute atomic E-state index is 0.0726. The van der Waals surface area contributed by atoms with E-state index in [4.69, 9.17) is 4.74 Å². The van der Waals surface area contributed by atoms with Crippen LogP contribution in [0.15, 0.2) is 41.3 Å². The predicted molar refractivity (Wildman–Crippen MR) is 108 cm³/mol. The molecule has 0 radical (unpaired) electrons. The maximum atomic E-state index is 12.7. The fourth-order valence-electron chi connectivity index (χ4n) is 4.25. The number of nitrogens with one attached hydrogen (secondary N) is 1. The zero-order valence-corrected chi connectivity index (χ0v) is 16.6. The van der Waals surface area contributed by atoms with Crippen LogP contribution in [0.1, 0.15) is 41.6 Å². The van der Waals surface area contributed by atoms with E-state index in [2.05, 4.69) is 16.3 Å². The Hall–Kier alpha value is -2.76. The quantitative estimate of drug-likeness (QED) is 0.875. The lowest BCUT2D eigenvalue weighted by Gasteiger charge is -2.36. The van der Waals surface area contributed by atoms with E-state index in [-0.39, 0.29) is 11.8 Å². The van der Waals surface area contributed by atoms with Crippen LogP contribution in [0.3, 0.4) is 0 Å². The number of carbonyl (C=O) groups is 2. The highest BCUT2D eigenvalue weighted by atomic mass is 16.5. The molecule has 0 spiro atoms. The molecule has 2 amide bonds. The Morgan fingerprint density at radius 3 is 2.61 bits per heavy atom. The number of rotatable bonds is 3. The van der Waals surface area contributed by atoms with Crippen molar-refractivity contribution in [3.8, 4) is 0 Å². The second-order valence-electron chi connectivity index (χ2n) is 7.56. The second kappa shape index (κ2) is 7.70. The topological polar surface area (TPSA) is 61.9 Å². The van der Waals surface area contributed by atoms with Gasteiger partial charge in [0.05, 0.1) is 12.2 Å². The van der Waals surface area contributed by atoms with Gasteiger partial charge in [-0.1, -0.05) is 0 Å². The average Bonchev–Trinajstić information content (AvgIpc) is 3.26. The number of aryl methyl sites for hydroxylation is 1. The molecule has 0 unspecified atom stereocenters. The molecule has 0 aromatic heterocycles. The Bertz CT molecular complexity index is 866. The summed E-state index contributed by atoms with van der Waals surface area (Å²) in [4.78, 5) is 28.9. The number of allylic oxidation sites excluding steroid dienone is 2. The van der Waals surface area contributed by atoms with Crippen molar-refractivity contribution in [3.05, 3.63) is 52.4 Å². The Labute approximate surface area is 165 Å². The largest absolute Gasteiger partial charge is 0.490 e. The summed E-state index contributed by atoms with van der Waals surface area (Å²) >= 11 is 0. The fraction of sp³-hybridized carbons (Fsp3) is 0.455. The Morgan fingerprint density at radius 1 is 1.11 bits per heavy atom. The molecule has 0 atom stereocenters. The number of likely N-dealkylation sites (tertiary alicyclic amines) is 1. The number of hydrogen-bond donors (Lipinski definition) is 1. The van der Waals surface area contributed by atoms with Gasteiger partial charge in [-0.3, -0.25) is 9.59 Å². The van der Waals surface area contributed by atoms with E-state index >= 15 is 0 Å². The van der Waals surface area contributed by atoms with Crippen LogP contribution in [0.2, 0.25) is 0 Å². The van der Waals surface area contributed by atoms with E-state index in [0.29, 0.717) is 12.2 Å². The highest BCUT2D eigenvalue weighted by Crippen LogP contribution is 2.35. The van der Waals surface area contributed by atoms with Gasteiger partial charge in [0.1, 0.15) is 12.4 Å². The summed E-state index contributed by atoms with van der Waals surface area (Å²) in [6.45, 7) is 5.03. The van der Waals surface area contributed by atoms with Crippen molar-refractivity contribution in [2.75, 3.05) is 38.2 Å². The molecule has 3 aliphatic rings. The summed E-state index contributed by atoms with van der Waals surface area (Å²) in [7, 11) is 1.64. The monoisotopic (exact) mass is 381 g/mol. The van der Waals surface area contributed by atoms with E-state index in [1.807, 2.05) is 30.0 Å². The van der Waals surface area contributed by atoms with E-state index in [1.54, 1.807) is 7.05 Å². The van der Waals surface area contributed by atoms with Gasteiger partial charge in [-0.25, -0.2) is 0 Å². The number of anilines is 1. The third kappa shape index (κ3) is 3.39. The zero-order valence-electron chi connectivity index (χ0n) is 16.6. The first-order valence-corrected chi connectivity index (χ1v) is 10.0. The molecule has 1 saturated heterocycles. The van der Waals surface area contributed by atoms with E-state index in [1.165, 1.54) is 0 Å². The van der Waals surface area contributed by atoms with Gasteiger partial charge < -0.3 is 19.9 Å². The molecule has 1 aromatic carbocycles. The minimum Gasteiger partial charge on any atom is -0.490 e. The SMILES string of the molecule is CNC(=O)c1ccc(N2CCOC3=C2CCC(C(=O)N2CCCC2)=C3)cc1C. The molecule has 2 aliphatic heterocycles. The molecular weight excluding hydrogens is 354 g/mol. The van der Waals surface area contributed by atoms with Crippen LogP contribution in [-0.2, 0) is 9.53 Å². The highest BCUT2D eigenvalue weighted by molar-refractivity contribution is 5.96. The first-order chi connectivity index (χ1) is 13.6. The standard InChI is InChI=1S/C22H27N3O3/c1-15-13-17(6-7-18(15)21(26)23-2)25-11-12-28-20-14-16(5-8-19(20)25)22(27)24-9-3-4-10-24/h6-7,13-14H,3-5,8-12H2,1-2H3,(H,23,26). The fourth-order valence-corrected chi connectivity index (χ4v) is 4.25. The molecule has 6 heteroatoms. The van der Waals surface area contributed by atoms with Gasteiger partial charge in [0, 0.05) is 37.0 Å². The third-order valence-electron chi connectivity index (χ3n) is 5.78. The number of hydrogen-bond acceptors (Lipinski definition) is 4. The molecule has 0 saturated carbocycles. The van der Waals surface area contributed by atoms with Gasteiger partial charge in [0.15, 0.2) is 0 Å². The van der Waals surface area contributed by atoms with Crippen LogP contribution in [0.4, 0.5) is 5.69 Å². The molecule has 6 nitrogen and oxygen atoms in total. The molecule has 28 heavy (non-hydrogen) atoms. The smallest absolute Gasteiger partial charge is 0.251 e. The summed E-state index contributed by atoms with van der Waals surface area (Å²) in [6.07, 6.45) is 5.67. The van der Waals surface area contributed by atoms with Crippen molar-refractivity contribution < 1.29 is 14.3 Å². The van der Waals surface area contributed by atoms with Gasteiger partial charge in [-0.15, -0.1) is 0 Å². The van der Waals surface area contributed by atoms with Crippen LogP contribution < -0.4 is 10.2 Å². The Morgan fingerprint density at radius 2 is 1.89 bits per heavy atom. The first kappa shape index (κ1) is 18.6. The van der Waals surface area contributed by atoms with Gasteiger partial charge in [-0.2, -0.15) is 0 Å². The van der Waals surface area contributed by atoms with Gasteiger partial charge >= 0.3 is 0 Å². The van der Waals surface area contributed by atoms with E-state index in [9.17, 15) is 9.59 Å². The van der Waals surface area contributed by atoms with Gasteiger partial charge in [0.25, 0.3) is 5.91 Å². The zero-order chi connectivity index (χ0) is 19.7. The lowest BCUT2D eigenvalue weighted by molar-refractivity contribution is -0.126. The molecule has 1 fully saturated rings. The summed E-state index contributed by atoms with van der Waals surface area (Å²) in [5.74, 6) is 0.903. The van der Waals surface area contributed by atoms with Crippen LogP contribution in [0.25, 0.3) is 0 Å². The van der Waals surface area contributed by atoms with Crippen molar-refractivity contribution in [2.24, 2.45) is 0 Å². The van der Waals surface area contributed by atoms with Crippen LogP contribution in [-0.4, -0.2) is 50.0 Å². The van der Waals surface area contributed by atoms with E-state index in [0.717, 1.165) is 73.6 Å². The van der Waals surface area contributed by atoms with E-state index < -0.39 is 0 Å². The number of ether oxygens (including phenoxy) is 1. The summed E-state index contributed by atoms with van der Waals surface area (Å²) < 4.78 is 5.91. The van der Waals surface area contributed by atoms with Crippen molar-refractivity contribution in [1.82, 2.24) is 10.2 Å². The number of amides is 2. The highest BCUT2D eigenvalue weighted by Gasteiger charge is 2.29. The van der Waals surface area contributed by atoms with Crippen LogP contribution in [0, 0.1) is 6.92 Å². The van der Waals surface area contributed by atoms with Gasteiger partial charge in [-0.05, 0) is 62.4 Å². The normalized spacial score (nSPS) is 19.1. The lowest BCUT2D eigenvalue weighted by atomic mass is 9.97. The maximum absolute atomic E-state index is 12.7. The summed E-state index contributed by atoms with van der Waals surface area (Å²) in [5, 5.41) is 2.68. The number of carbonyl (C=O) groups excluding carboxylic acids is 2. The summed E-state index contributed by atoms with van der Waals surface area (Å²) in [6, 6.07) is 5.91. The molecule has 1 aromatic rings. The lowest BCUT2D eigenvalue weighted by Crippen LogP contribution is -2.35. The average molecular weight is 381 g/mol. The minimum atomic E-state index is -0.0726. The molecular formula is C22H27N3O3. The third-order valence-corrected chi connectivity index (χ3v) is 5.78. The summed E-state index contributed by atoms with van der Waals surface area (Å²) in [5.41, 5.74) is 4.67. The molecule has 1 N–H and O–H groups in total. The molecule has 4 rings (SSSR count). The van der Waals surface area contributed by atoms with Gasteiger partial charge in [0.2, 0.25) is 5.91 Å². The second-order valence-corrected chi connectivity index (χ2v) is 7.56. The Kier molecular flexibility index (Phi) is 5.11.